The molecule has 2 aromatic rings. The molecule has 0 radical (unpaired) electrons. The lowest BCUT2D eigenvalue weighted by Crippen LogP contribution is -2.03. The third-order valence-corrected chi connectivity index (χ3v) is 2.99. The molecule has 0 heterocycles. The van der Waals surface area contributed by atoms with Gasteiger partial charge >= 0.3 is 0 Å². The van der Waals surface area contributed by atoms with E-state index in [2.05, 4.69) is 0 Å². The number of ether oxygens (including phenoxy) is 1. The van der Waals surface area contributed by atoms with E-state index in [0.717, 1.165) is 16.9 Å². The fourth-order valence-electron chi connectivity index (χ4n) is 1.90. The van der Waals surface area contributed by atoms with Crippen LogP contribution < -0.4 is 10.5 Å². The zero-order valence-corrected chi connectivity index (χ0v) is 11.2. The number of benzene rings is 2. The van der Waals surface area contributed by atoms with Crippen molar-refractivity contribution in [3.63, 3.8) is 0 Å². The summed E-state index contributed by atoms with van der Waals surface area (Å²) in [4.78, 5) is 10.1. The molecule has 0 saturated carbocycles. The predicted molar refractivity (Wildman–Crippen MR) is 77.9 cm³/mol. The first-order valence-electron chi connectivity index (χ1n) is 6.28. The van der Waals surface area contributed by atoms with Gasteiger partial charge in [0, 0.05) is 24.2 Å². The standard InChI is InChI=1S/C15H16N2O3/c1-11-10-13(16)4-7-15(11)20-9-8-12-2-5-14(6-3-12)17(18)19/h2-7,10H,8-9,16H2,1H3. The van der Waals surface area contributed by atoms with Crippen molar-refractivity contribution >= 4 is 11.4 Å². The van der Waals surface area contributed by atoms with Gasteiger partial charge in [-0.3, -0.25) is 10.1 Å². The molecule has 0 aliphatic rings. The molecule has 0 saturated heterocycles. The third-order valence-electron chi connectivity index (χ3n) is 2.99. The molecule has 0 bridgehead atoms. The Morgan fingerprint density at radius 3 is 2.50 bits per heavy atom. The number of nitro groups is 1. The Balaban J connectivity index is 1.91. The van der Waals surface area contributed by atoms with Crippen LogP contribution in [0.25, 0.3) is 0 Å². The summed E-state index contributed by atoms with van der Waals surface area (Å²) in [5, 5.41) is 10.5. The van der Waals surface area contributed by atoms with Crippen LogP contribution >= 0.6 is 0 Å². The summed E-state index contributed by atoms with van der Waals surface area (Å²) < 4.78 is 5.68. The molecule has 104 valence electrons. The highest BCUT2D eigenvalue weighted by Crippen LogP contribution is 2.20. The number of hydrogen-bond donors (Lipinski definition) is 1. The van der Waals surface area contributed by atoms with E-state index in [1.807, 2.05) is 19.1 Å². The Bertz CT molecular complexity index is 609. The normalized spacial score (nSPS) is 10.2. The largest absolute Gasteiger partial charge is 0.493 e. The quantitative estimate of drug-likeness (QED) is 0.515. The van der Waals surface area contributed by atoms with Gasteiger partial charge < -0.3 is 10.5 Å². The lowest BCUT2D eigenvalue weighted by molar-refractivity contribution is -0.384. The molecule has 0 aromatic heterocycles. The Hall–Kier alpha value is -2.56. The molecule has 0 unspecified atom stereocenters. The van der Waals surface area contributed by atoms with E-state index in [-0.39, 0.29) is 5.69 Å². The first-order valence-corrected chi connectivity index (χ1v) is 6.28. The molecule has 0 amide bonds. The summed E-state index contributed by atoms with van der Waals surface area (Å²) in [5.41, 5.74) is 8.49. The van der Waals surface area contributed by atoms with Gasteiger partial charge in [0.1, 0.15) is 5.75 Å². The maximum Gasteiger partial charge on any atom is 0.269 e. The van der Waals surface area contributed by atoms with E-state index >= 15 is 0 Å². The van der Waals surface area contributed by atoms with Crippen LogP contribution in [0.5, 0.6) is 5.75 Å². The smallest absolute Gasteiger partial charge is 0.269 e. The number of non-ortho nitro benzene ring substituents is 1. The topological polar surface area (TPSA) is 78.4 Å². The van der Waals surface area contributed by atoms with E-state index < -0.39 is 4.92 Å². The van der Waals surface area contributed by atoms with Crippen LogP contribution in [-0.4, -0.2) is 11.5 Å². The van der Waals surface area contributed by atoms with Gasteiger partial charge in [0.05, 0.1) is 11.5 Å². The zero-order chi connectivity index (χ0) is 14.5. The molecule has 0 atom stereocenters. The number of nitrogens with zero attached hydrogens (tertiary/aromatic N) is 1. The van der Waals surface area contributed by atoms with Crippen LogP contribution in [0.1, 0.15) is 11.1 Å². The number of aryl methyl sites for hydroxylation is 1. The summed E-state index contributed by atoms with van der Waals surface area (Å²) in [7, 11) is 0. The maximum absolute atomic E-state index is 10.5. The molecule has 5 heteroatoms. The molecule has 0 fully saturated rings. The highest BCUT2D eigenvalue weighted by Gasteiger charge is 2.04. The first kappa shape index (κ1) is 13.9. The summed E-state index contributed by atoms with van der Waals surface area (Å²) in [6.45, 7) is 2.46. The molecule has 2 aromatic carbocycles. The Kier molecular flexibility index (Phi) is 4.20. The molecule has 5 nitrogen and oxygen atoms in total. The van der Waals surface area contributed by atoms with E-state index in [0.29, 0.717) is 18.7 Å². The second kappa shape index (κ2) is 6.06. The minimum atomic E-state index is -0.405. The van der Waals surface area contributed by atoms with Crippen LogP contribution in [0.3, 0.4) is 0 Å². The van der Waals surface area contributed by atoms with E-state index in [1.54, 1.807) is 18.2 Å². The van der Waals surface area contributed by atoms with Crippen molar-refractivity contribution in [2.24, 2.45) is 0 Å². The van der Waals surface area contributed by atoms with E-state index in [4.69, 9.17) is 10.5 Å². The van der Waals surface area contributed by atoms with Gasteiger partial charge in [-0.25, -0.2) is 0 Å². The number of nitro benzene ring substituents is 1. The number of nitrogens with two attached hydrogens (primary N) is 1. The summed E-state index contributed by atoms with van der Waals surface area (Å²) >= 11 is 0. The highest BCUT2D eigenvalue weighted by atomic mass is 16.6. The fraction of sp³-hybridized carbons (Fsp3) is 0.200. The third kappa shape index (κ3) is 3.47. The van der Waals surface area contributed by atoms with Gasteiger partial charge in [-0.15, -0.1) is 0 Å². The molecule has 0 spiro atoms. The van der Waals surface area contributed by atoms with Gasteiger partial charge in [-0.1, -0.05) is 12.1 Å². The van der Waals surface area contributed by atoms with Crippen molar-refractivity contribution in [2.45, 2.75) is 13.3 Å². The number of anilines is 1. The first-order chi connectivity index (χ1) is 9.56. The van der Waals surface area contributed by atoms with Crippen molar-refractivity contribution in [1.29, 1.82) is 0 Å². The lowest BCUT2D eigenvalue weighted by atomic mass is 10.1. The van der Waals surface area contributed by atoms with E-state index in [9.17, 15) is 10.1 Å². The molecule has 2 rings (SSSR count). The van der Waals surface area contributed by atoms with Crippen molar-refractivity contribution in [3.8, 4) is 5.75 Å². The van der Waals surface area contributed by atoms with Gasteiger partial charge in [0.2, 0.25) is 0 Å². The van der Waals surface area contributed by atoms with Crippen molar-refractivity contribution < 1.29 is 9.66 Å². The second-order valence-corrected chi connectivity index (χ2v) is 4.55. The van der Waals surface area contributed by atoms with Crippen LogP contribution in [0.4, 0.5) is 11.4 Å². The van der Waals surface area contributed by atoms with Crippen LogP contribution in [-0.2, 0) is 6.42 Å². The molecular formula is C15H16N2O3. The molecule has 2 N–H and O–H groups in total. The minimum absolute atomic E-state index is 0.101. The average Bonchev–Trinajstić information content (AvgIpc) is 2.42. The molecule has 0 aliphatic heterocycles. The Morgan fingerprint density at radius 2 is 1.90 bits per heavy atom. The van der Waals surface area contributed by atoms with Gasteiger partial charge in [-0.2, -0.15) is 0 Å². The average molecular weight is 272 g/mol. The minimum Gasteiger partial charge on any atom is -0.493 e. The van der Waals surface area contributed by atoms with Crippen LogP contribution in [0.15, 0.2) is 42.5 Å². The fourth-order valence-corrected chi connectivity index (χ4v) is 1.90. The van der Waals surface area contributed by atoms with Gasteiger partial charge in [-0.05, 0) is 36.2 Å². The monoisotopic (exact) mass is 272 g/mol. The Labute approximate surface area is 117 Å². The summed E-state index contributed by atoms with van der Waals surface area (Å²) in [6.07, 6.45) is 0.696. The van der Waals surface area contributed by atoms with Crippen molar-refractivity contribution in [1.82, 2.24) is 0 Å². The van der Waals surface area contributed by atoms with Crippen LogP contribution in [0.2, 0.25) is 0 Å². The summed E-state index contributed by atoms with van der Waals surface area (Å²) in [5.74, 6) is 0.807. The van der Waals surface area contributed by atoms with Crippen molar-refractivity contribution in [2.75, 3.05) is 12.3 Å². The molecule has 0 aliphatic carbocycles. The predicted octanol–water partition coefficient (Wildman–Crippen LogP) is 3.11. The second-order valence-electron chi connectivity index (χ2n) is 4.55. The number of hydrogen-bond acceptors (Lipinski definition) is 4. The SMILES string of the molecule is Cc1cc(N)ccc1OCCc1ccc([N+](=O)[O-])cc1. The summed E-state index contributed by atoms with van der Waals surface area (Å²) in [6, 6.07) is 12.0. The van der Waals surface area contributed by atoms with Gasteiger partial charge in [0.15, 0.2) is 0 Å². The van der Waals surface area contributed by atoms with E-state index in [1.165, 1.54) is 12.1 Å². The maximum atomic E-state index is 10.5. The van der Waals surface area contributed by atoms with Crippen molar-refractivity contribution in [3.05, 3.63) is 63.7 Å². The Morgan fingerprint density at radius 1 is 1.20 bits per heavy atom. The lowest BCUT2D eigenvalue weighted by Gasteiger charge is -2.09. The number of rotatable bonds is 5. The molecular weight excluding hydrogens is 256 g/mol. The van der Waals surface area contributed by atoms with Gasteiger partial charge in [0.25, 0.3) is 5.69 Å². The molecule has 20 heavy (non-hydrogen) atoms. The van der Waals surface area contributed by atoms with Crippen LogP contribution in [0, 0.1) is 17.0 Å². The zero-order valence-electron chi connectivity index (χ0n) is 11.2. The number of nitrogen functional groups attached to an aromatic ring is 1. The highest BCUT2D eigenvalue weighted by molar-refractivity contribution is 5.47.